The molecule has 220 valence electrons. The number of nitrogens with zero attached hydrogens (tertiary/aromatic N) is 3. The molecule has 2 aliphatic heterocycles. The summed E-state index contributed by atoms with van der Waals surface area (Å²) in [5, 5.41) is 14.3. The second kappa shape index (κ2) is 12.1. The molecule has 0 aliphatic carbocycles. The van der Waals surface area contributed by atoms with Crippen molar-refractivity contribution in [3.63, 3.8) is 0 Å². The Morgan fingerprint density at radius 2 is 1.85 bits per heavy atom. The van der Waals surface area contributed by atoms with E-state index in [2.05, 4.69) is 15.6 Å². The fourth-order valence-electron chi connectivity index (χ4n) is 4.83. The van der Waals surface area contributed by atoms with Gasteiger partial charge in [-0.25, -0.2) is 9.78 Å². The van der Waals surface area contributed by atoms with Crippen LogP contribution in [0.5, 0.6) is 0 Å². The Morgan fingerprint density at radius 3 is 2.50 bits per heavy atom. The van der Waals surface area contributed by atoms with Crippen LogP contribution >= 0.6 is 0 Å². The number of nitrogens with one attached hydrogen (secondary N) is 2. The standard InChI is InChI=1S/C26H31F6N5O3/c1-16-2-3-19(33-24(39)37-5-4-17(14-37)13-25(27,28)29)12-20(16)18-10-22(34-21(15-38)26(30,31)32)35-23(11-18)36-6-8-40-9-7-36/h2-3,10-12,17,21,38H,4-9,13-15H2,1H3,(H,33,39)(H,34,35)/t17-,21?/m0/s1. The number of hydrogen-bond donors (Lipinski definition) is 3. The Kier molecular flexibility index (Phi) is 8.98. The minimum atomic E-state index is -4.71. The first-order valence-corrected chi connectivity index (χ1v) is 12.8. The van der Waals surface area contributed by atoms with Gasteiger partial charge in [0.05, 0.1) is 19.8 Å². The molecule has 1 aromatic heterocycles. The van der Waals surface area contributed by atoms with Crippen molar-refractivity contribution in [2.45, 2.75) is 38.2 Å². The van der Waals surface area contributed by atoms with E-state index in [1.165, 1.54) is 11.0 Å². The van der Waals surface area contributed by atoms with Crippen LogP contribution in [0.15, 0.2) is 30.3 Å². The van der Waals surface area contributed by atoms with Gasteiger partial charge < -0.3 is 30.3 Å². The lowest BCUT2D eigenvalue weighted by Crippen LogP contribution is -2.40. The third kappa shape index (κ3) is 7.68. The maximum Gasteiger partial charge on any atom is 0.410 e. The lowest BCUT2D eigenvalue weighted by molar-refractivity contribution is -0.149. The number of ether oxygens (including phenoxy) is 1. The summed E-state index contributed by atoms with van der Waals surface area (Å²) >= 11 is 0. The van der Waals surface area contributed by atoms with Crippen molar-refractivity contribution in [2.24, 2.45) is 5.92 Å². The highest BCUT2D eigenvalue weighted by Crippen LogP contribution is 2.34. The van der Waals surface area contributed by atoms with Gasteiger partial charge in [-0.15, -0.1) is 0 Å². The average Bonchev–Trinajstić information content (AvgIpc) is 3.35. The SMILES string of the molecule is Cc1ccc(NC(=O)N2CC[C@@H](CC(F)(F)F)C2)cc1-c1cc(NC(CO)C(F)(F)F)nc(N2CCOCC2)c1. The minimum Gasteiger partial charge on any atom is -0.394 e. The third-order valence-corrected chi connectivity index (χ3v) is 6.94. The maximum absolute atomic E-state index is 13.4. The molecule has 14 heteroatoms. The van der Waals surface area contributed by atoms with Crippen LogP contribution in [0.3, 0.4) is 0 Å². The van der Waals surface area contributed by atoms with E-state index in [-0.39, 0.29) is 25.3 Å². The lowest BCUT2D eigenvalue weighted by Gasteiger charge is -2.29. The Labute approximate surface area is 227 Å². The summed E-state index contributed by atoms with van der Waals surface area (Å²) in [6.07, 6.45) is -9.68. The van der Waals surface area contributed by atoms with Gasteiger partial charge in [-0.05, 0) is 60.2 Å². The van der Waals surface area contributed by atoms with Gasteiger partial charge in [-0.3, -0.25) is 0 Å². The number of carbonyl (C=O) groups excluding carboxylic acids is 1. The van der Waals surface area contributed by atoms with Gasteiger partial charge in [0.1, 0.15) is 17.7 Å². The van der Waals surface area contributed by atoms with E-state index in [1.54, 1.807) is 31.2 Å². The van der Waals surface area contributed by atoms with Gasteiger partial charge >= 0.3 is 18.4 Å². The first kappa shape index (κ1) is 29.7. The van der Waals surface area contributed by atoms with Gasteiger partial charge in [0.2, 0.25) is 0 Å². The highest BCUT2D eigenvalue weighted by Gasteiger charge is 2.40. The van der Waals surface area contributed by atoms with Crippen LogP contribution in [0.1, 0.15) is 18.4 Å². The zero-order chi connectivity index (χ0) is 29.1. The number of benzene rings is 1. The number of rotatable bonds is 7. The molecule has 2 fully saturated rings. The monoisotopic (exact) mass is 575 g/mol. The number of pyridine rings is 1. The Bertz CT molecular complexity index is 1190. The number of aryl methyl sites for hydroxylation is 1. The van der Waals surface area contributed by atoms with Gasteiger partial charge in [-0.2, -0.15) is 26.3 Å². The molecular weight excluding hydrogens is 544 g/mol. The number of aromatic nitrogens is 1. The number of aliphatic hydroxyl groups is 1. The smallest absolute Gasteiger partial charge is 0.394 e. The molecule has 8 nitrogen and oxygen atoms in total. The van der Waals surface area contributed by atoms with E-state index in [0.717, 1.165) is 5.56 Å². The molecular formula is C26H31F6N5O3. The zero-order valence-corrected chi connectivity index (χ0v) is 21.8. The number of anilines is 3. The molecule has 3 heterocycles. The number of amides is 2. The van der Waals surface area contributed by atoms with Crippen molar-refractivity contribution in [3.8, 4) is 11.1 Å². The lowest BCUT2D eigenvalue weighted by atomic mass is 10.00. The molecule has 0 bridgehead atoms. The largest absolute Gasteiger partial charge is 0.410 e. The molecule has 1 unspecified atom stereocenters. The van der Waals surface area contributed by atoms with Crippen LogP contribution < -0.4 is 15.5 Å². The fourth-order valence-corrected chi connectivity index (χ4v) is 4.83. The molecule has 2 atom stereocenters. The minimum absolute atomic E-state index is 0.00240. The number of morpholine rings is 1. The first-order chi connectivity index (χ1) is 18.8. The van der Waals surface area contributed by atoms with E-state index < -0.39 is 43.4 Å². The van der Waals surface area contributed by atoms with E-state index in [1.807, 2.05) is 4.90 Å². The first-order valence-electron chi connectivity index (χ1n) is 12.8. The molecule has 40 heavy (non-hydrogen) atoms. The van der Waals surface area contributed by atoms with Crippen molar-refractivity contribution in [3.05, 3.63) is 35.9 Å². The summed E-state index contributed by atoms with van der Waals surface area (Å²) in [6.45, 7) is 2.66. The summed E-state index contributed by atoms with van der Waals surface area (Å²) < 4.78 is 83.7. The number of halogens is 6. The van der Waals surface area contributed by atoms with E-state index in [9.17, 15) is 36.2 Å². The van der Waals surface area contributed by atoms with E-state index in [0.29, 0.717) is 48.9 Å². The summed E-state index contributed by atoms with van der Waals surface area (Å²) in [5.41, 5.74) is 2.29. The number of aliphatic hydroxyl groups excluding tert-OH is 1. The van der Waals surface area contributed by atoms with Crippen LogP contribution in [0, 0.1) is 12.8 Å². The third-order valence-electron chi connectivity index (χ3n) is 6.94. The topological polar surface area (TPSA) is 90.0 Å². The van der Waals surface area contributed by atoms with Gasteiger partial charge in [0, 0.05) is 38.3 Å². The average molecular weight is 576 g/mol. The summed E-state index contributed by atoms with van der Waals surface area (Å²) in [7, 11) is 0. The normalized spacial score (nSPS) is 19.1. The van der Waals surface area contributed by atoms with Crippen molar-refractivity contribution in [1.82, 2.24) is 9.88 Å². The van der Waals surface area contributed by atoms with Crippen LogP contribution in [-0.2, 0) is 4.74 Å². The number of likely N-dealkylation sites (tertiary alicyclic amines) is 1. The molecule has 2 aromatic rings. The van der Waals surface area contributed by atoms with Crippen molar-refractivity contribution < 1.29 is 41.0 Å². The molecule has 2 amide bonds. The van der Waals surface area contributed by atoms with Gasteiger partial charge in [0.25, 0.3) is 0 Å². The van der Waals surface area contributed by atoms with Crippen LogP contribution in [0.25, 0.3) is 11.1 Å². The van der Waals surface area contributed by atoms with Crippen LogP contribution in [-0.4, -0.2) is 85.4 Å². The summed E-state index contributed by atoms with van der Waals surface area (Å²) in [5.74, 6) is -0.319. The number of urea groups is 1. The molecule has 0 radical (unpaired) electrons. The van der Waals surface area contributed by atoms with Crippen molar-refractivity contribution >= 4 is 23.4 Å². The van der Waals surface area contributed by atoms with Crippen molar-refractivity contribution in [1.29, 1.82) is 0 Å². The molecule has 2 saturated heterocycles. The maximum atomic E-state index is 13.4. The van der Waals surface area contributed by atoms with E-state index in [4.69, 9.17) is 4.74 Å². The molecule has 0 saturated carbocycles. The molecule has 1 aromatic carbocycles. The zero-order valence-electron chi connectivity index (χ0n) is 21.8. The van der Waals surface area contributed by atoms with Crippen molar-refractivity contribution in [2.75, 3.05) is 61.5 Å². The Hall–Kier alpha value is -3.26. The predicted molar refractivity (Wildman–Crippen MR) is 137 cm³/mol. The van der Waals surface area contributed by atoms with Crippen LogP contribution in [0.4, 0.5) is 48.5 Å². The predicted octanol–water partition coefficient (Wildman–Crippen LogP) is 5.03. The fraction of sp³-hybridized carbons (Fsp3) is 0.538. The molecule has 3 N–H and O–H groups in total. The molecule has 0 spiro atoms. The number of hydrogen-bond acceptors (Lipinski definition) is 6. The highest BCUT2D eigenvalue weighted by atomic mass is 19.4. The Morgan fingerprint density at radius 1 is 1.12 bits per heavy atom. The number of carbonyl (C=O) groups is 1. The molecule has 2 aliphatic rings. The summed E-state index contributed by atoms with van der Waals surface area (Å²) in [6, 6.07) is 5.46. The molecule has 4 rings (SSSR count). The van der Waals surface area contributed by atoms with Crippen LogP contribution in [0.2, 0.25) is 0 Å². The van der Waals surface area contributed by atoms with Gasteiger partial charge in [0.15, 0.2) is 0 Å². The second-order valence-corrected chi connectivity index (χ2v) is 10.00. The quantitative estimate of drug-likeness (QED) is 0.401. The highest BCUT2D eigenvalue weighted by molar-refractivity contribution is 5.91. The second-order valence-electron chi connectivity index (χ2n) is 10.00. The van der Waals surface area contributed by atoms with E-state index >= 15 is 0 Å². The number of alkyl halides is 6. The Balaban J connectivity index is 1.59. The van der Waals surface area contributed by atoms with Gasteiger partial charge in [-0.1, -0.05) is 6.07 Å². The summed E-state index contributed by atoms with van der Waals surface area (Å²) in [4.78, 5) is 20.4.